The Labute approximate surface area is 342 Å². The number of carbonyl (C=O) groups excluding carboxylic acids is 2. The van der Waals surface area contributed by atoms with Crippen LogP contribution in [-0.4, -0.2) is 52.3 Å². The van der Waals surface area contributed by atoms with Crippen LogP contribution in [0.1, 0.15) is 109 Å². The van der Waals surface area contributed by atoms with Gasteiger partial charge in [0.25, 0.3) is 0 Å². The molecule has 56 heavy (non-hydrogen) atoms. The van der Waals surface area contributed by atoms with Gasteiger partial charge in [0.05, 0.1) is 12.2 Å². The Morgan fingerprint density at radius 2 is 1.54 bits per heavy atom. The number of nitrogens with one attached hydrogen (secondary N) is 1. The molecule has 2 aliphatic rings. The molecule has 3 amide bonds. The number of carbonyl (C=O) groups is 2. The summed E-state index contributed by atoms with van der Waals surface area (Å²) in [5, 5.41) is 4.39. The molecule has 10 heteroatoms. The number of ether oxygens (including phenoxy) is 1. The number of benzene rings is 3. The van der Waals surface area contributed by atoms with Gasteiger partial charge in [-0.1, -0.05) is 99.8 Å². The number of unbranched alkanes of at least 4 members (excludes halogenated alkanes) is 1. The molecule has 0 aliphatic carbocycles. The molecule has 0 bridgehead atoms. The number of para-hydroxylation sites is 1. The van der Waals surface area contributed by atoms with Gasteiger partial charge in [0.15, 0.2) is 0 Å². The zero-order valence-corrected chi connectivity index (χ0v) is 35.3. The van der Waals surface area contributed by atoms with Gasteiger partial charge in [-0.3, -0.25) is 19.7 Å². The average molecular weight is 797 g/mol. The summed E-state index contributed by atoms with van der Waals surface area (Å²) < 4.78 is 6.31. The summed E-state index contributed by atoms with van der Waals surface area (Å²) in [6.07, 6.45) is 6.71. The fourth-order valence-corrected chi connectivity index (χ4v) is 8.27. The Balaban J connectivity index is 1.36. The molecule has 4 aromatic rings. The first-order valence-corrected chi connectivity index (χ1v) is 20.7. The number of hydrogen-bond donors (Lipinski definition) is 1. The molecule has 8 nitrogen and oxygen atoms in total. The van der Waals surface area contributed by atoms with Gasteiger partial charge in [-0.25, -0.2) is 4.79 Å². The van der Waals surface area contributed by atoms with Gasteiger partial charge in [0.1, 0.15) is 22.7 Å². The Morgan fingerprint density at radius 1 is 0.911 bits per heavy atom. The minimum atomic E-state index is -1.04. The van der Waals surface area contributed by atoms with E-state index in [1.54, 1.807) is 6.20 Å². The molecular weight excluding hydrogens is 741 g/mol. The molecule has 6 rings (SSSR count). The van der Waals surface area contributed by atoms with E-state index in [1.165, 1.54) is 0 Å². The minimum absolute atomic E-state index is 0.0105. The van der Waals surface area contributed by atoms with Crippen LogP contribution in [0.3, 0.4) is 0 Å². The quantitative estimate of drug-likeness (QED) is 0.164. The van der Waals surface area contributed by atoms with E-state index in [0.717, 1.165) is 47.3 Å². The highest BCUT2D eigenvalue weighted by molar-refractivity contribution is 6.30. The smallest absolute Gasteiger partial charge is 0.326 e. The first-order valence-electron chi connectivity index (χ1n) is 19.9. The van der Waals surface area contributed by atoms with Crippen molar-refractivity contribution in [3.05, 3.63) is 123 Å². The van der Waals surface area contributed by atoms with E-state index in [1.807, 2.05) is 89.5 Å². The molecule has 1 saturated heterocycles. The summed E-state index contributed by atoms with van der Waals surface area (Å²) in [5.74, 6) is 1.25. The fraction of sp³-hybridized carbons (Fsp3) is 0.435. The van der Waals surface area contributed by atoms with Crippen molar-refractivity contribution in [3.8, 4) is 5.75 Å². The Hall–Kier alpha value is -4.40. The maximum atomic E-state index is 15.4. The normalized spacial score (nSPS) is 20.2. The van der Waals surface area contributed by atoms with Crippen LogP contribution in [0.25, 0.3) is 0 Å². The summed E-state index contributed by atoms with van der Waals surface area (Å²) >= 11 is 12.9. The third-order valence-corrected chi connectivity index (χ3v) is 12.1. The highest BCUT2D eigenvalue weighted by Gasteiger charge is 2.60. The zero-order chi connectivity index (χ0) is 40.3. The number of rotatable bonds is 11. The van der Waals surface area contributed by atoms with Crippen molar-refractivity contribution in [2.75, 3.05) is 25.0 Å². The van der Waals surface area contributed by atoms with E-state index >= 15 is 4.79 Å². The lowest BCUT2D eigenvalue weighted by Crippen LogP contribution is -2.59. The maximum Gasteiger partial charge on any atom is 0.326 e. The number of amidine groups is 1. The van der Waals surface area contributed by atoms with Crippen LogP contribution in [0.2, 0.25) is 10.0 Å². The van der Waals surface area contributed by atoms with Gasteiger partial charge >= 0.3 is 6.03 Å². The molecule has 2 atom stereocenters. The Kier molecular flexibility index (Phi) is 12.5. The van der Waals surface area contributed by atoms with Crippen LogP contribution >= 0.6 is 23.2 Å². The Bertz CT molecular complexity index is 2050. The summed E-state index contributed by atoms with van der Waals surface area (Å²) in [6, 6.07) is 25.2. The molecule has 3 aromatic carbocycles. The molecule has 1 N–H and O–H groups in total. The molecule has 0 saturated carbocycles. The second-order valence-corrected chi connectivity index (χ2v) is 17.3. The van der Waals surface area contributed by atoms with E-state index in [4.69, 9.17) is 37.9 Å². The third-order valence-electron chi connectivity index (χ3n) is 11.6. The van der Waals surface area contributed by atoms with Crippen LogP contribution in [0.15, 0.2) is 90.1 Å². The largest absolute Gasteiger partial charge is 0.493 e. The molecule has 1 aromatic heterocycles. The number of urea groups is 1. The standard InChI is InChI=1S/C46H55Cl2N5O3/c1-8-10-13-32-14-11-12-15-38(32)50-41(54)28-31-24-26-52(27-25-31)43(55)53-42(37-30-49-40(44(3,4)5)29-39(37)56-9-2)51-45(6,33-16-20-35(47)21-17-33)46(53,7)34-18-22-36(48)23-19-34/h11-12,14-23,29-31H,8-10,13,24-28H2,1-7H3,(H,50,54)/t45-,46+/m0/s1. The lowest BCUT2D eigenvalue weighted by molar-refractivity contribution is -0.117. The topological polar surface area (TPSA) is 87.1 Å². The number of pyridine rings is 1. The van der Waals surface area contributed by atoms with Crippen molar-refractivity contribution >= 4 is 46.7 Å². The zero-order valence-electron chi connectivity index (χ0n) is 33.8. The van der Waals surface area contributed by atoms with Crippen LogP contribution in [0, 0.1) is 5.92 Å². The number of aryl methyl sites for hydroxylation is 1. The van der Waals surface area contributed by atoms with Crippen LogP contribution < -0.4 is 10.1 Å². The van der Waals surface area contributed by atoms with Crippen LogP contribution in [0.5, 0.6) is 5.75 Å². The highest BCUT2D eigenvalue weighted by Crippen LogP contribution is 2.54. The van der Waals surface area contributed by atoms with Crippen LogP contribution in [0.4, 0.5) is 10.5 Å². The van der Waals surface area contributed by atoms with Crippen molar-refractivity contribution in [3.63, 3.8) is 0 Å². The third kappa shape index (κ3) is 8.33. The van der Waals surface area contributed by atoms with E-state index < -0.39 is 11.1 Å². The second-order valence-electron chi connectivity index (χ2n) is 16.4. The minimum Gasteiger partial charge on any atom is -0.493 e. The van der Waals surface area contributed by atoms with Gasteiger partial charge in [-0.05, 0) is 99.4 Å². The van der Waals surface area contributed by atoms with Crippen molar-refractivity contribution < 1.29 is 14.3 Å². The average Bonchev–Trinajstić information content (AvgIpc) is 3.42. The monoisotopic (exact) mass is 795 g/mol. The molecule has 2 aliphatic heterocycles. The lowest BCUT2D eigenvalue weighted by atomic mass is 9.71. The SMILES string of the molecule is CCCCc1ccccc1NC(=O)CC1CCN(C(=O)N2C(c3cnc(C(C)(C)C)cc3OCC)=N[C@@](C)(c3ccc(Cl)cc3)[C@@]2(C)c2ccc(Cl)cc2)CC1. The Morgan fingerprint density at radius 3 is 2.14 bits per heavy atom. The molecule has 0 unspecified atom stereocenters. The summed E-state index contributed by atoms with van der Waals surface area (Å²) in [6.45, 7) is 16.0. The lowest BCUT2D eigenvalue weighted by Gasteiger charge is -2.47. The predicted octanol–water partition coefficient (Wildman–Crippen LogP) is 11.2. The van der Waals surface area contributed by atoms with Crippen molar-refractivity contribution in [1.82, 2.24) is 14.8 Å². The van der Waals surface area contributed by atoms with Gasteiger partial charge in [0.2, 0.25) is 5.91 Å². The number of aliphatic imine (C=N–C) groups is 1. The highest BCUT2D eigenvalue weighted by atomic mass is 35.5. The molecular formula is C46H55Cl2N5O3. The van der Waals surface area contributed by atoms with E-state index in [9.17, 15) is 4.79 Å². The first-order chi connectivity index (χ1) is 26.7. The first kappa shape index (κ1) is 41.2. The van der Waals surface area contributed by atoms with Crippen molar-refractivity contribution in [1.29, 1.82) is 0 Å². The van der Waals surface area contributed by atoms with Gasteiger partial charge in [-0.15, -0.1) is 0 Å². The fourth-order valence-electron chi connectivity index (χ4n) is 8.02. The van der Waals surface area contributed by atoms with Crippen molar-refractivity contribution in [2.45, 2.75) is 103 Å². The van der Waals surface area contributed by atoms with Gasteiger partial charge in [0, 0.05) is 58.6 Å². The summed E-state index contributed by atoms with van der Waals surface area (Å²) in [5.41, 5.74) is 3.08. The number of amides is 3. The van der Waals surface area contributed by atoms with E-state index in [-0.39, 0.29) is 23.3 Å². The van der Waals surface area contributed by atoms with Gasteiger partial charge in [-0.2, -0.15) is 0 Å². The number of anilines is 1. The van der Waals surface area contributed by atoms with E-state index in [2.05, 4.69) is 52.9 Å². The number of likely N-dealkylation sites (tertiary alicyclic amines) is 1. The predicted molar refractivity (Wildman–Crippen MR) is 228 cm³/mol. The summed E-state index contributed by atoms with van der Waals surface area (Å²) in [7, 11) is 0. The molecule has 3 heterocycles. The number of piperidine rings is 1. The summed E-state index contributed by atoms with van der Waals surface area (Å²) in [4.78, 5) is 42.9. The molecule has 296 valence electrons. The number of aromatic nitrogens is 1. The van der Waals surface area contributed by atoms with E-state index in [0.29, 0.717) is 66.2 Å². The van der Waals surface area contributed by atoms with Crippen molar-refractivity contribution in [2.24, 2.45) is 10.9 Å². The molecule has 0 radical (unpaired) electrons. The second kappa shape index (κ2) is 17.0. The number of hydrogen-bond acceptors (Lipinski definition) is 5. The number of nitrogens with zero attached hydrogens (tertiary/aromatic N) is 4. The molecule has 0 spiro atoms. The number of halogens is 2. The molecule has 1 fully saturated rings. The van der Waals surface area contributed by atoms with Crippen LogP contribution in [-0.2, 0) is 27.7 Å². The van der Waals surface area contributed by atoms with Gasteiger partial charge < -0.3 is 15.0 Å². The maximum absolute atomic E-state index is 15.4.